The summed E-state index contributed by atoms with van der Waals surface area (Å²) in [6.45, 7) is 0. The first-order valence-corrected chi connectivity index (χ1v) is 44.3. The normalized spacial score (nSPS) is 12.1. The quantitative estimate of drug-likeness (QED) is 0.163. The zero-order valence-electron chi connectivity index (χ0n) is 64.9. The van der Waals surface area contributed by atoms with Crippen LogP contribution in [0.4, 0.5) is 0 Å². The van der Waals surface area contributed by atoms with Crippen molar-refractivity contribution in [2.24, 2.45) is 0 Å². The van der Waals surface area contributed by atoms with Crippen LogP contribution in [0.15, 0.2) is 405 Å². The first kappa shape index (κ1) is 68.4. The smallest absolute Gasteiger partial charge is 0.136 e. The lowest BCUT2D eigenvalue weighted by molar-refractivity contribution is 0.669. The molecular weight excluding hydrogens is 1550 g/mol. The van der Waals surface area contributed by atoms with Gasteiger partial charge in [-0.05, 0) is 160 Å². The summed E-state index contributed by atoms with van der Waals surface area (Å²) in [6.07, 6.45) is 0. The lowest BCUT2D eigenvalue weighted by atomic mass is 10.0. The van der Waals surface area contributed by atoms with Gasteiger partial charge >= 0.3 is 0 Å². The molecule has 9 heterocycles. The zero-order valence-corrected chi connectivity index (χ0v) is 68.2. The second-order valence-corrected chi connectivity index (χ2v) is 35.9. The minimum Gasteiger partial charge on any atom is -0.456 e. The van der Waals surface area contributed by atoms with E-state index < -0.39 is 0 Å². The summed E-state index contributed by atoms with van der Waals surface area (Å²) in [5.41, 5.74) is 21.4. The molecule has 9 aromatic heterocycles. The number of aromatic nitrogens is 4. The number of hydrogen-bond donors (Lipinski definition) is 0. The van der Waals surface area contributed by atoms with E-state index in [1.807, 2.05) is 57.5 Å². The van der Waals surface area contributed by atoms with E-state index >= 15 is 0 Å². The summed E-state index contributed by atoms with van der Waals surface area (Å²) in [7, 11) is 0. The average Bonchev–Trinajstić information content (AvgIpc) is 1.55. The minimum atomic E-state index is 0.923. The maximum atomic E-state index is 6.16. The molecule has 28 aromatic rings. The first-order chi connectivity index (χ1) is 60.0. The largest absolute Gasteiger partial charge is 0.456 e. The van der Waals surface area contributed by atoms with Crippen molar-refractivity contribution in [1.29, 1.82) is 0 Å². The van der Waals surface area contributed by atoms with Gasteiger partial charge in [-0.3, -0.25) is 0 Å². The Labute approximate surface area is 708 Å². The number of nitrogens with zero attached hydrogens (tertiary/aromatic N) is 4. The Bertz CT molecular complexity index is 8830. The molecule has 0 aliphatic heterocycles. The molecule has 28 rings (SSSR count). The van der Waals surface area contributed by atoms with Crippen molar-refractivity contribution in [2.45, 2.75) is 0 Å². The Morgan fingerprint density at radius 1 is 0.174 bits per heavy atom. The monoisotopic (exact) mass is 1610 g/mol. The molecule has 0 fully saturated rings. The van der Waals surface area contributed by atoms with Crippen LogP contribution in [0.25, 0.3) is 246 Å². The molecule has 0 atom stereocenters. The molecule has 0 N–H and O–H groups in total. The number of thiophene rings is 4. The minimum absolute atomic E-state index is 0.923. The van der Waals surface area contributed by atoms with Gasteiger partial charge in [-0.2, -0.15) is 0 Å². The highest BCUT2D eigenvalue weighted by Crippen LogP contribution is 2.50. The van der Waals surface area contributed by atoms with Gasteiger partial charge in [-0.25, -0.2) is 0 Å². The van der Waals surface area contributed by atoms with E-state index in [4.69, 9.17) is 4.42 Å². The molecule has 0 aliphatic carbocycles. The standard InChI is InChI=1S/C40H24N2S.C36H21NOS.C36H21NS2/c1-2-11-26(12-3-1)41-34-16-8-6-14-29(34)33-24-27(19-23-35(33)41)42-36-22-18-25-10-4-5-13-28(25)38(36)32-21-20-31-30-15-7-9-17-37(30)43-40(31)39(32)42;1-4-10-31-25(7-1)29-19-20-30-28-9-3-6-12-34(28)39-36(30)35(29)37(31)24-16-13-22(14-17-24)23-15-18-27-26-8-2-5-11-32(26)38-33(27)21-23;1-4-10-31-25(7-1)29-19-20-30-27-9-3-6-12-33(27)39-36(30)35(29)37(31)24-16-13-22(14-17-24)23-15-18-28-26-8-2-5-11-32(26)38-34(28)21-23/h1-24H;2*1-21H. The Balaban J connectivity index is 0.0000000980. The Hall–Kier alpha value is -14.7. The topological polar surface area (TPSA) is 32.9 Å². The molecule has 9 heteroatoms. The maximum Gasteiger partial charge on any atom is 0.136 e. The highest BCUT2D eigenvalue weighted by atomic mass is 32.1. The van der Waals surface area contributed by atoms with Gasteiger partial charge in [0.2, 0.25) is 0 Å². The molecule has 5 nitrogen and oxygen atoms in total. The third kappa shape index (κ3) is 10.5. The lowest BCUT2D eigenvalue weighted by Gasteiger charge is -2.11. The predicted molar refractivity (Wildman–Crippen MR) is 524 cm³/mol. The fourth-order valence-electron chi connectivity index (χ4n) is 19.7. The van der Waals surface area contributed by atoms with Gasteiger partial charge in [0.15, 0.2) is 0 Å². The number of hydrogen-bond acceptors (Lipinski definition) is 5. The zero-order chi connectivity index (χ0) is 79.1. The van der Waals surface area contributed by atoms with E-state index in [9.17, 15) is 0 Å². The van der Waals surface area contributed by atoms with E-state index in [1.165, 1.54) is 218 Å². The van der Waals surface area contributed by atoms with Crippen molar-refractivity contribution in [2.75, 3.05) is 0 Å². The molecule has 564 valence electrons. The van der Waals surface area contributed by atoms with Gasteiger partial charge in [0.25, 0.3) is 0 Å². The van der Waals surface area contributed by atoms with Crippen LogP contribution in [0.2, 0.25) is 0 Å². The van der Waals surface area contributed by atoms with Gasteiger partial charge in [-0.1, -0.05) is 273 Å². The molecule has 0 bridgehead atoms. The third-order valence-corrected chi connectivity index (χ3v) is 29.8. The number of benzene rings is 19. The molecule has 0 aliphatic rings. The molecular formula is C112H66N4OS4. The highest BCUT2D eigenvalue weighted by molar-refractivity contribution is 7.28. The summed E-state index contributed by atoms with van der Waals surface area (Å²) < 4.78 is 26.7. The van der Waals surface area contributed by atoms with Crippen LogP contribution in [-0.4, -0.2) is 18.3 Å². The van der Waals surface area contributed by atoms with Crippen molar-refractivity contribution in [3.63, 3.8) is 0 Å². The molecule has 0 unspecified atom stereocenters. The van der Waals surface area contributed by atoms with Crippen molar-refractivity contribution >= 4 is 246 Å². The summed E-state index contributed by atoms with van der Waals surface area (Å²) >= 11 is 7.56. The number of furan rings is 1. The summed E-state index contributed by atoms with van der Waals surface area (Å²) in [5.74, 6) is 0. The molecule has 121 heavy (non-hydrogen) atoms. The fraction of sp³-hybridized carbons (Fsp3) is 0. The van der Waals surface area contributed by atoms with E-state index in [2.05, 4.69) is 407 Å². The molecule has 0 spiro atoms. The van der Waals surface area contributed by atoms with Crippen molar-refractivity contribution < 1.29 is 4.42 Å². The Kier molecular flexibility index (Phi) is 15.2. The SMILES string of the molecule is c1ccc(-n2c3ccccc3c3cc(-n4c5ccc6ccccc6c5c5ccc6c7ccccc7sc6c54)ccc32)cc1.c1ccc2c(c1)oc1cc(-c3ccc(-n4c5ccccc5c5ccc6c7ccccc7sc6c54)cc3)ccc12.c1ccc2c(c1)sc1cc(-c3ccc(-n4c5ccccc5c5ccc6c7ccccc7sc6c54)cc3)ccc12. The Morgan fingerprint density at radius 2 is 0.529 bits per heavy atom. The van der Waals surface area contributed by atoms with Crippen LogP contribution in [0.3, 0.4) is 0 Å². The van der Waals surface area contributed by atoms with Crippen LogP contribution in [0.5, 0.6) is 0 Å². The van der Waals surface area contributed by atoms with E-state index in [1.54, 1.807) is 0 Å². The van der Waals surface area contributed by atoms with Crippen molar-refractivity contribution in [1.82, 2.24) is 18.3 Å². The molecule has 0 saturated heterocycles. The van der Waals surface area contributed by atoms with Crippen molar-refractivity contribution in [3.8, 4) is 45.0 Å². The third-order valence-electron chi connectivity index (χ3n) is 25.1. The highest BCUT2D eigenvalue weighted by Gasteiger charge is 2.25. The fourth-order valence-corrected chi connectivity index (χ4v) is 24.6. The van der Waals surface area contributed by atoms with Crippen LogP contribution < -0.4 is 0 Å². The second-order valence-electron chi connectivity index (χ2n) is 31.6. The van der Waals surface area contributed by atoms with Crippen molar-refractivity contribution in [3.05, 3.63) is 400 Å². The summed E-state index contributed by atoms with van der Waals surface area (Å²) in [4.78, 5) is 0. The van der Waals surface area contributed by atoms with Crippen LogP contribution in [0.1, 0.15) is 0 Å². The van der Waals surface area contributed by atoms with Gasteiger partial charge in [0.05, 0.1) is 58.2 Å². The summed E-state index contributed by atoms with van der Waals surface area (Å²) in [5, 5.41) is 25.9. The van der Waals surface area contributed by atoms with E-state index in [0.717, 1.165) is 27.5 Å². The Morgan fingerprint density at radius 3 is 1.10 bits per heavy atom. The summed E-state index contributed by atoms with van der Waals surface area (Å²) in [6, 6.07) is 146. The van der Waals surface area contributed by atoms with Gasteiger partial charge in [-0.15, -0.1) is 45.3 Å². The average molecular weight is 1610 g/mol. The molecule has 19 aromatic carbocycles. The maximum absolute atomic E-state index is 6.16. The molecule has 0 saturated carbocycles. The number of fused-ring (bicyclic) bond motifs is 32. The van der Waals surface area contributed by atoms with E-state index in [-0.39, 0.29) is 0 Å². The first-order valence-electron chi connectivity index (χ1n) is 41.1. The lowest BCUT2D eigenvalue weighted by Crippen LogP contribution is -1.95. The number of rotatable bonds is 6. The van der Waals surface area contributed by atoms with Gasteiger partial charge in [0, 0.05) is 143 Å². The predicted octanol–water partition coefficient (Wildman–Crippen LogP) is 33.3. The second kappa shape index (κ2) is 26.9. The number of para-hydroxylation sites is 5. The molecule has 0 radical (unpaired) electrons. The molecule has 0 amide bonds. The van der Waals surface area contributed by atoms with Crippen LogP contribution >= 0.6 is 45.3 Å². The van der Waals surface area contributed by atoms with Gasteiger partial charge < -0.3 is 22.7 Å². The van der Waals surface area contributed by atoms with E-state index in [0.29, 0.717) is 0 Å². The van der Waals surface area contributed by atoms with Gasteiger partial charge in [0.1, 0.15) is 11.2 Å². The van der Waals surface area contributed by atoms with Crippen LogP contribution in [-0.2, 0) is 0 Å². The van der Waals surface area contributed by atoms with Crippen LogP contribution in [0, 0.1) is 0 Å².